The molecule has 0 saturated carbocycles. The molecular formula is C16H25NO4. The molecule has 1 unspecified atom stereocenters. The van der Waals surface area contributed by atoms with Crippen LogP contribution in [-0.2, 0) is 9.47 Å². The summed E-state index contributed by atoms with van der Waals surface area (Å²) in [6, 6.07) is 9.22. The zero-order chi connectivity index (χ0) is 16.0. The number of amides is 1. The molecule has 0 fully saturated rings. The van der Waals surface area contributed by atoms with Gasteiger partial charge < -0.3 is 20.3 Å². The molecule has 0 aromatic heterocycles. The molecule has 1 amide bonds. The summed E-state index contributed by atoms with van der Waals surface area (Å²) in [5, 5.41) is 9.73. The third kappa shape index (κ3) is 5.73. The lowest BCUT2D eigenvalue weighted by Gasteiger charge is -2.34. The van der Waals surface area contributed by atoms with Crippen molar-refractivity contribution in [3.05, 3.63) is 35.9 Å². The molecular weight excluding hydrogens is 270 g/mol. The van der Waals surface area contributed by atoms with Crippen molar-refractivity contribution in [1.29, 1.82) is 0 Å². The van der Waals surface area contributed by atoms with Gasteiger partial charge in [0.2, 0.25) is 0 Å². The van der Waals surface area contributed by atoms with Crippen molar-refractivity contribution >= 4 is 6.09 Å². The number of rotatable bonds is 6. The summed E-state index contributed by atoms with van der Waals surface area (Å²) in [4.78, 5) is 11.2. The highest BCUT2D eigenvalue weighted by molar-refractivity contribution is 5.65. The predicted octanol–water partition coefficient (Wildman–Crippen LogP) is 2.64. The number of ether oxygens (including phenoxy) is 2. The van der Waals surface area contributed by atoms with E-state index >= 15 is 0 Å². The van der Waals surface area contributed by atoms with E-state index in [0.717, 1.165) is 5.56 Å². The van der Waals surface area contributed by atoms with E-state index in [9.17, 15) is 9.90 Å². The molecule has 0 spiro atoms. The lowest BCUT2D eigenvalue weighted by molar-refractivity contribution is -0.111. The van der Waals surface area contributed by atoms with E-state index in [0.29, 0.717) is 0 Å². The molecule has 1 aromatic carbocycles. The molecule has 0 aliphatic heterocycles. The summed E-state index contributed by atoms with van der Waals surface area (Å²) in [5.41, 5.74) is 5.58. The molecule has 1 aromatic rings. The second-order valence-electron chi connectivity index (χ2n) is 6.05. The number of carbonyl (C=O) groups is 1. The van der Waals surface area contributed by atoms with Crippen LogP contribution in [0.2, 0.25) is 0 Å². The van der Waals surface area contributed by atoms with Crippen molar-refractivity contribution in [2.45, 2.75) is 45.5 Å². The van der Waals surface area contributed by atoms with Gasteiger partial charge in [-0.15, -0.1) is 0 Å². The Hall–Kier alpha value is -1.59. The zero-order valence-corrected chi connectivity index (χ0v) is 13.1. The van der Waals surface area contributed by atoms with Gasteiger partial charge in [0, 0.05) is 5.92 Å². The largest absolute Gasteiger partial charge is 0.441 e. The van der Waals surface area contributed by atoms with Crippen molar-refractivity contribution in [3.8, 4) is 0 Å². The molecule has 3 atom stereocenters. The lowest BCUT2D eigenvalue weighted by atomic mass is 9.91. The van der Waals surface area contributed by atoms with Gasteiger partial charge in [-0.25, -0.2) is 4.79 Å². The summed E-state index contributed by atoms with van der Waals surface area (Å²) < 4.78 is 11.1. The van der Waals surface area contributed by atoms with Gasteiger partial charge in [0.15, 0.2) is 0 Å². The van der Waals surface area contributed by atoms with E-state index in [-0.39, 0.29) is 18.3 Å². The zero-order valence-electron chi connectivity index (χ0n) is 13.1. The third-order valence-electron chi connectivity index (χ3n) is 3.11. The normalized spacial score (nSPS) is 16.0. The highest BCUT2D eigenvalue weighted by atomic mass is 16.6. The molecule has 0 heterocycles. The van der Waals surface area contributed by atoms with Crippen LogP contribution in [0.25, 0.3) is 0 Å². The predicted molar refractivity (Wildman–Crippen MR) is 80.7 cm³/mol. The Morgan fingerprint density at radius 1 is 1.29 bits per heavy atom. The van der Waals surface area contributed by atoms with Crippen LogP contribution in [0.3, 0.4) is 0 Å². The molecule has 5 nitrogen and oxygen atoms in total. The second-order valence-corrected chi connectivity index (χ2v) is 6.05. The molecule has 21 heavy (non-hydrogen) atoms. The van der Waals surface area contributed by atoms with E-state index in [1.54, 1.807) is 0 Å². The number of benzene rings is 1. The van der Waals surface area contributed by atoms with Crippen LogP contribution in [0.5, 0.6) is 0 Å². The van der Waals surface area contributed by atoms with Gasteiger partial charge in [-0.1, -0.05) is 30.3 Å². The average molecular weight is 295 g/mol. The minimum Gasteiger partial charge on any atom is -0.441 e. The van der Waals surface area contributed by atoms with Crippen LogP contribution in [0.15, 0.2) is 30.3 Å². The van der Waals surface area contributed by atoms with E-state index in [4.69, 9.17) is 15.2 Å². The van der Waals surface area contributed by atoms with Gasteiger partial charge >= 0.3 is 6.09 Å². The summed E-state index contributed by atoms with van der Waals surface area (Å²) in [7, 11) is 0. The Morgan fingerprint density at radius 2 is 1.86 bits per heavy atom. The number of hydrogen-bond acceptors (Lipinski definition) is 4. The average Bonchev–Trinajstić information content (AvgIpc) is 2.37. The van der Waals surface area contributed by atoms with Crippen LogP contribution < -0.4 is 5.73 Å². The fourth-order valence-corrected chi connectivity index (χ4v) is 2.31. The second kappa shape index (κ2) is 7.43. The molecule has 0 saturated heterocycles. The van der Waals surface area contributed by atoms with Crippen molar-refractivity contribution in [3.63, 3.8) is 0 Å². The minimum atomic E-state index is -0.870. The van der Waals surface area contributed by atoms with Crippen LogP contribution >= 0.6 is 0 Å². The Bertz CT molecular complexity index is 441. The highest BCUT2D eigenvalue weighted by Crippen LogP contribution is 2.31. The highest BCUT2D eigenvalue weighted by Gasteiger charge is 2.33. The fourth-order valence-electron chi connectivity index (χ4n) is 2.31. The smallest absolute Gasteiger partial charge is 0.405 e. The van der Waals surface area contributed by atoms with Crippen molar-refractivity contribution < 1.29 is 19.4 Å². The number of aliphatic hydroxyl groups excluding tert-OH is 1. The van der Waals surface area contributed by atoms with Crippen LogP contribution in [0.4, 0.5) is 4.79 Å². The van der Waals surface area contributed by atoms with Gasteiger partial charge in [-0.05, 0) is 33.3 Å². The molecule has 0 radical (unpaired) electrons. The van der Waals surface area contributed by atoms with Gasteiger partial charge in [0.1, 0.15) is 6.10 Å². The molecule has 0 bridgehead atoms. The number of hydrogen-bond donors (Lipinski definition) is 2. The van der Waals surface area contributed by atoms with Crippen molar-refractivity contribution in [2.75, 3.05) is 6.61 Å². The van der Waals surface area contributed by atoms with Crippen LogP contribution in [0, 0.1) is 5.92 Å². The maximum absolute atomic E-state index is 11.2. The topological polar surface area (TPSA) is 81.8 Å². The quantitative estimate of drug-likeness (QED) is 0.845. The third-order valence-corrected chi connectivity index (χ3v) is 3.11. The molecule has 118 valence electrons. The van der Waals surface area contributed by atoms with Gasteiger partial charge in [0.25, 0.3) is 0 Å². The maximum atomic E-state index is 11.2. The summed E-state index contributed by atoms with van der Waals surface area (Å²) >= 11 is 0. The Kier molecular flexibility index (Phi) is 6.18. The SMILES string of the molecule is C[C@@H](OC(C)(C)C)[C@@H](CO)C(OC(N)=O)c1ccccc1. The number of carbonyl (C=O) groups excluding carboxylic acids is 1. The maximum Gasteiger partial charge on any atom is 0.405 e. The minimum absolute atomic E-state index is 0.177. The lowest BCUT2D eigenvalue weighted by Crippen LogP contribution is -2.37. The van der Waals surface area contributed by atoms with Gasteiger partial charge in [-0.2, -0.15) is 0 Å². The first-order chi connectivity index (χ1) is 9.74. The van der Waals surface area contributed by atoms with Crippen LogP contribution in [0.1, 0.15) is 39.4 Å². The number of aliphatic hydroxyl groups is 1. The van der Waals surface area contributed by atoms with Gasteiger partial charge in [-0.3, -0.25) is 0 Å². The molecule has 0 aliphatic carbocycles. The standard InChI is InChI=1S/C16H25NO4/c1-11(21-16(2,3)4)13(10-18)14(20-15(17)19)12-8-6-5-7-9-12/h5-9,11,13-14,18H,10H2,1-4H3,(H2,17,19)/t11-,13-,14?/m1/s1. The molecule has 3 N–H and O–H groups in total. The Labute approximate surface area is 126 Å². The van der Waals surface area contributed by atoms with E-state index in [1.165, 1.54) is 0 Å². The molecule has 0 aliphatic rings. The van der Waals surface area contributed by atoms with Crippen molar-refractivity contribution in [1.82, 2.24) is 0 Å². The first-order valence-electron chi connectivity index (χ1n) is 7.04. The number of nitrogens with two attached hydrogens (primary N) is 1. The van der Waals surface area contributed by atoms with E-state index in [1.807, 2.05) is 58.0 Å². The molecule has 5 heteroatoms. The first-order valence-corrected chi connectivity index (χ1v) is 7.04. The monoisotopic (exact) mass is 295 g/mol. The molecule has 1 rings (SSSR count). The van der Waals surface area contributed by atoms with Gasteiger partial charge in [0.05, 0.1) is 18.3 Å². The summed E-state index contributed by atoms with van der Waals surface area (Å²) in [6.45, 7) is 7.48. The summed E-state index contributed by atoms with van der Waals surface area (Å²) in [6.07, 6.45) is -1.82. The number of primary amides is 1. The fraction of sp³-hybridized carbons (Fsp3) is 0.562. The van der Waals surface area contributed by atoms with Crippen LogP contribution in [-0.4, -0.2) is 29.5 Å². The van der Waals surface area contributed by atoms with Crippen molar-refractivity contribution in [2.24, 2.45) is 11.7 Å². The Morgan fingerprint density at radius 3 is 2.29 bits per heavy atom. The summed E-state index contributed by atoms with van der Waals surface area (Å²) in [5.74, 6) is -0.404. The Balaban J connectivity index is 3.01. The first kappa shape index (κ1) is 17.5. The van der Waals surface area contributed by atoms with E-state index < -0.39 is 18.1 Å². The van der Waals surface area contributed by atoms with E-state index in [2.05, 4.69) is 0 Å².